The molecule has 0 saturated carbocycles. The Morgan fingerprint density at radius 2 is 1.25 bits per heavy atom. The molecule has 1 aliphatic heterocycles. The molecule has 1 fully saturated rings. The number of nitrogens with zero attached hydrogens (tertiary/aromatic N) is 1. The molecule has 0 aromatic rings. The van der Waals surface area contributed by atoms with Gasteiger partial charge in [-0.2, -0.15) is 0 Å². The van der Waals surface area contributed by atoms with Crippen LogP contribution in [-0.2, 0) is 0 Å². The second-order valence-corrected chi connectivity index (χ2v) is 12.0. The standard InChI is InChI=1S/C18H37NSi/c1-5-20(6-2,18(3)4)17-19-15-13-11-9-7-8-10-12-14-16-19/h3,5-17H2,1-2,4H3. The third-order valence-corrected chi connectivity index (χ3v) is 11.1. The van der Waals surface area contributed by atoms with Gasteiger partial charge in [-0.05, 0) is 39.0 Å². The summed E-state index contributed by atoms with van der Waals surface area (Å²) in [4.78, 5) is 2.80. The van der Waals surface area contributed by atoms with E-state index < -0.39 is 8.07 Å². The van der Waals surface area contributed by atoms with Crippen molar-refractivity contribution in [3.63, 3.8) is 0 Å². The molecule has 0 atom stereocenters. The highest BCUT2D eigenvalue weighted by atomic mass is 28.3. The Bertz CT molecular complexity index is 259. The van der Waals surface area contributed by atoms with Crippen LogP contribution < -0.4 is 0 Å². The van der Waals surface area contributed by atoms with E-state index in [1.165, 1.54) is 87.9 Å². The van der Waals surface area contributed by atoms with Crippen molar-refractivity contribution in [3.8, 4) is 0 Å². The normalized spacial score (nSPS) is 20.4. The first-order chi connectivity index (χ1) is 9.64. The average molecular weight is 296 g/mol. The van der Waals surface area contributed by atoms with Gasteiger partial charge in [0.25, 0.3) is 0 Å². The predicted molar refractivity (Wildman–Crippen MR) is 94.9 cm³/mol. The predicted octanol–water partition coefficient (Wildman–Crippen LogP) is 5.57. The number of rotatable bonds is 5. The molecule has 0 radical (unpaired) electrons. The molecule has 0 amide bonds. The maximum Gasteiger partial charge on any atom is 0.0941 e. The van der Waals surface area contributed by atoms with Crippen molar-refractivity contribution in [2.75, 3.05) is 19.3 Å². The van der Waals surface area contributed by atoms with Gasteiger partial charge >= 0.3 is 0 Å². The lowest BCUT2D eigenvalue weighted by Gasteiger charge is -2.36. The van der Waals surface area contributed by atoms with Crippen LogP contribution in [0.3, 0.4) is 0 Å². The molecule has 0 bridgehead atoms. The van der Waals surface area contributed by atoms with Gasteiger partial charge in [-0.25, -0.2) is 0 Å². The highest BCUT2D eigenvalue weighted by Gasteiger charge is 2.31. The Morgan fingerprint density at radius 3 is 1.60 bits per heavy atom. The smallest absolute Gasteiger partial charge is 0.0941 e. The molecule has 2 heteroatoms. The summed E-state index contributed by atoms with van der Waals surface area (Å²) in [6, 6.07) is 2.74. The second-order valence-electron chi connectivity index (χ2n) is 6.87. The molecular weight excluding hydrogens is 258 g/mol. The lowest BCUT2D eigenvalue weighted by atomic mass is 10.1. The number of hydrogen-bond acceptors (Lipinski definition) is 1. The molecule has 0 unspecified atom stereocenters. The first-order valence-electron chi connectivity index (χ1n) is 9.03. The highest BCUT2D eigenvalue weighted by molar-refractivity contribution is 6.86. The summed E-state index contributed by atoms with van der Waals surface area (Å²) >= 11 is 0. The van der Waals surface area contributed by atoms with Crippen LogP contribution >= 0.6 is 0 Å². The summed E-state index contributed by atoms with van der Waals surface area (Å²) in [6.07, 6.45) is 12.9. The molecule has 0 N–H and O–H groups in total. The van der Waals surface area contributed by atoms with E-state index in [-0.39, 0.29) is 0 Å². The van der Waals surface area contributed by atoms with Crippen molar-refractivity contribution in [2.45, 2.75) is 84.2 Å². The second kappa shape index (κ2) is 9.78. The maximum atomic E-state index is 4.36. The van der Waals surface area contributed by atoms with Gasteiger partial charge in [0, 0.05) is 0 Å². The van der Waals surface area contributed by atoms with Crippen molar-refractivity contribution in [1.82, 2.24) is 4.90 Å². The fourth-order valence-electron chi connectivity index (χ4n) is 3.64. The monoisotopic (exact) mass is 295 g/mol. The molecule has 0 aromatic carbocycles. The third kappa shape index (κ3) is 5.73. The number of allylic oxidation sites excluding steroid dienone is 1. The van der Waals surface area contributed by atoms with Gasteiger partial charge in [0.1, 0.15) is 0 Å². The molecule has 1 heterocycles. The van der Waals surface area contributed by atoms with E-state index in [0.717, 1.165) is 0 Å². The quantitative estimate of drug-likeness (QED) is 0.600. The molecule has 1 saturated heterocycles. The summed E-state index contributed by atoms with van der Waals surface area (Å²) in [5.74, 6) is 0. The Balaban J connectivity index is 2.61. The zero-order valence-corrected chi connectivity index (χ0v) is 15.3. The van der Waals surface area contributed by atoms with Crippen molar-refractivity contribution < 1.29 is 0 Å². The zero-order chi connectivity index (χ0) is 14.8. The van der Waals surface area contributed by atoms with Crippen LogP contribution in [0.2, 0.25) is 12.1 Å². The van der Waals surface area contributed by atoms with E-state index in [1.54, 1.807) is 0 Å². The summed E-state index contributed by atoms with van der Waals surface area (Å²) in [5.41, 5.74) is 0. The van der Waals surface area contributed by atoms with Crippen molar-refractivity contribution in [2.24, 2.45) is 0 Å². The topological polar surface area (TPSA) is 3.24 Å². The average Bonchev–Trinajstić information content (AvgIpc) is 2.50. The van der Waals surface area contributed by atoms with Gasteiger partial charge in [0.15, 0.2) is 0 Å². The lowest BCUT2D eigenvalue weighted by molar-refractivity contribution is 0.298. The summed E-state index contributed by atoms with van der Waals surface area (Å²) in [5, 5.41) is 1.52. The van der Waals surface area contributed by atoms with Gasteiger partial charge in [0.05, 0.1) is 8.07 Å². The van der Waals surface area contributed by atoms with Crippen LogP contribution in [0.4, 0.5) is 0 Å². The van der Waals surface area contributed by atoms with Crippen molar-refractivity contribution >= 4 is 8.07 Å². The van der Waals surface area contributed by atoms with Crippen LogP contribution in [0, 0.1) is 0 Å². The molecule has 20 heavy (non-hydrogen) atoms. The molecule has 0 spiro atoms. The fourth-order valence-corrected chi connectivity index (χ4v) is 7.24. The Hall–Kier alpha value is -0.0831. The van der Waals surface area contributed by atoms with E-state index in [4.69, 9.17) is 0 Å². The minimum absolute atomic E-state index is 1.26. The lowest BCUT2D eigenvalue weighted by Crippen LogP contribution is -2.48. The molecule has 0 aromatic heterocycles. The minimum atomic E-state index is -1.26. The van der Waals surface area contributed by atoms with Crippen LogP contribution in [0.15, 0.2) is 11.8 Å². The van der Waals surface area contributed by atoms with E-state index >= 15 is 0 Å². The first kappa shape index (κ1) is 18.0. The molecule has 1 rings (SSSR count). The van der Waals surface area contributed by atoms with Crippen LogP contribution in [0.5, 0.6) is 0 Å². The summed E-state index contributed by atoms with van der Waals surface area (Å²) in [6.45, 7) is 14.1. The Morgan fingerprint density at radius 1 is 0.850 bits per heavy atom. The van der Waals surface area contributed by atoms with Crippen LogP contribution in [0.25, 0.3) is 0 Å². The fraction of sp³-hybridized carbons (Fsp3) is 0.889. The van der Waals surface area contributed by atoms with Gasteiger partial charge < -0.3 is 4.90 Å². The first-order valence-corrected chi connectivity index (χ1v) is 11.6. The van der Waals surface area contributed by atoms with Gasteiger partial charge in [-0.1, -0.05) is 69.7 Å². The Kier molecular flexibility index (Phi) is 8.79. The summed E-state index contributed by atoms with van der Waals surface area (Å²) < 4.78 is 0. The van der Waals surface area contributed by atoms with Crippen LogP contribution in [-0.4, -0.2) is 32.2 Å². The number of hydrogen-bond donors (Lipinski definition) is 0. The molecule has 118 valence electrons. The zero-order valence-electron chi connectivity index (χ0n) is 14.3. The third-order valence-electron chi connectivity index (χ3n) is 5.48. The highest BCUT2D eigenvalue weighted by Crippen LogP contribution is 2.25. The van der Waals surface area contributed by atoms with Crippen molar-refractivity contribution in [3.05, 3.63) is 11.8 Å². The van der Waals surface area contributed by atoms with E-state index in [9.17, 15) is 0 Å². The molecule has 1 nitrogen and oxygen atoms in total. The Labute approximate surface area is 128 Å². The van der Waals surface area contributed by atoms with E-state index in [2.05, 4.69) is 32.3 Å². The largest absolute Gasteiger partial charge is 0.306 e. The van der Waals surface area contributed by atoms with E-state index in [1.807, 2.05) is 0 Å². The minimum Gasteiger partial charge on any atom is -0.306 e. The van der Waals surface area contributed by atoms with Gasteiger partial charge in [0.2, 0.25) is 0 Å². The van der Waals surface area contributed by atoms with Gasteiger partial charge in [-0.3, -0.25) is 0 Å². The summed E-state index contributed by atoms with van der Waals surface area (Å²) in [7, 11) is -1.26. The maximum absolute atomic E-state index is 4.36. The molecular formula is C18H37NSi. The van der Waals surface area contributed by atoms with E-state index in [0.29, 0.717) is 0 Å². The molecule has 1 aliphatic rings. The molecule has 0 aliphatic carbocycles. The van der Waals surface area contributed by atoms with Crippen molar-refractivity contribution in [1.29, 1.82) is 0 Å². The SMILES string of the molecule is C=C(C)[Si](CC)(CC)CN1CCCCCCCCCC1. The van der Waals surface area contributed by atoms with Crippen LogP contribution in [0.1, 0.15) is 72.1 Å². The van der Waals surface area contributed by atoms with Gasteiger partial charge in [-0.15, -0.1) is 6.58 Å².